The molecule has 4 rings (SSSR count). The molecule has 0 aliphatic carbocycles. The highest BCUT2D eigenvalue weighted by Crippen LogP contribution is 2.34. The van der Waals surface area contributed by atoms with Gasteiger partial charge in [0.2, 0.25) is 0 Å². The average Bonchev–Trinajstić information content (AvgIpc) is 3.15. The van der Waals surface area contributed by atoms with Crippen LogP contribution < -0.4 is 5.73 Å². The molecule has 0 aliphatic heterocycles. The van der Waals surface area contributed by atoms with Gasteiger partial charge in [0.15, 0.2) is 4.96 Å². The van der Waals surface area contributed by atoms with Crippen LogP contribution in [0, 0.1) is 13.8 Å². The lowest BCUT2D eigenvalue weighted by atomic mass is 10.0. The molecule has 0 fully saturated rings. The fourth-order valence-electron chi connectivity index (χ4n) is 3.22. The molecule has 0 atom stereocenters. The van der Waals surface area contributed by atoms with Gasteiger partial charge in [0.25, 0.3) is 0 Å². The molecule has 4 aromatic rings. The third-order valence-electron chi connectivity index (χ3n) is 4.36. The Bertz CT molecular complexity index is 1010. The van der Waals surface area contributed by atoms with Crippen molar-refractivity contribution < 1.29 is 0 Å². The first kappa shape index (κ1) is 15.1. The van der Waals surface area contributed by atoms with Gasteiger partial charge in [-0.3, -0.25) is 4.40 Å². The SMILES string of the molecule is Cc1ccc(-c2csc3nc(-c4ccccc4)c(CN)n23)c(C)c1. The molecule has 0 unspecified atom stereocenters. The summed E-state index contributed by atoms with van der Waals surface area (Å²) in [4.78, 5) is 5.84. The van der Waals surface area contributed by atoms with Crippen LogP contribution in [0.25, 0.3) is 27.5 Å². The van der Waals surface area contributed by atoms with Crippen molar-refractivity contribution in [2.45, 2.75) is 20.4 Å². The Kier molecular flexibility index (Phi) is 3.71. The molecule has 0 saturated heterocycles. The van der Waals surface area contributed by atoms with Gasteiger partial charge in [0.05, 0.1) is 17.1 Å². The van der Waals surface area contributed by atoms with Gasteiger partial charge < -0.3 is 5.73 Å². The number of hydrogen-bond acceptors (Lipinski definition) is 3. The molecular formula is C20H19N3S. The Labute approximate surface area is 145 Å². The number of aromatic nitrogens is 2. The summed E-state index contributed by atoms with van der Waals surface area (Å²) in [6.45, 7) is 4.74. The summed E-state index contributed by atoms with van der Waals surface area (Å²) in [7, 11) is 0. The summed E-state index contributed by atoms with van der Waals surface area (Å²) in [6.07, 6.45) is 0. The number of imidazole rings is 1. The van der Waals surface area contributed by atoms with E-state index >= 15 is 0 Å². The molecule has 120 valence electrons. The van der Waals surface area contributed by atoms with Crippen molar-refractivity contribution in [1.29, 1.82) is 0 Å². The lowest BCUT2D eigenvalue weighted by Gasteiger charge is -2.08. The molecule has 24 heavy (non-hydrogen) atoms. The minimum atomic E-state index is 0.458. The van der Waals surface area contributed by atoms with Crippen molar-refractivity contribution in [3.05, 3.63) is 70.7 Å². The highest BCUT2D eigenvalue weighted by atomic mass is 32.1. The van der Waals surface area contributed by atoms with Gasteiger partial charge in [-0.15, -0.1) is 11.3 Å². The maximum absolute atomic E-state index is 6.11. The third-order valence-corrected chi connectivity index (χ3v) is 5.18. The molecule has 2 aromatic heterocycles. The van der Waals surface area contributed by atoms with Crippen LogP contribution in [-0.2, 0) is 6.54 Å². The van der Waals surface area contributed by atoms with Crippen molar-refractivity contribution in [2.75, 3.05) is 0 Å². The molecule has 0 amide bonds. The Morgan fingerprint density at radius 3 is 2.58 bits per heavy atom. The molecule has 3 nitrogen and oxygen atoms in total. The van der Waals surface area contributed by atoms with Crippen molar-refractivity contribution >= 4 is 16.3 Å². The Hall–Kier alpha value is -2.43. The van der Waals surface area contributed by atoms with Gasteiger partial charge in [0.1, 0.15) is 0 Å². The zero-order chi connectivity index (χ0) is 16.7. The Morgan fingerprint density at radius 1 is 1.08 bits per heavy atom. The summed E-state index contributed by atoms with van der Waals surface area (Å²) in [5, 5.41) is 2.17. The first-order valence-corrected chi connectivity index (χ1v) is 8.89. The number of benzene rings is 2. The van der Waals surface area contributed by atoms with Crippen LogP contribution in [0.4, 0.5) is 0 Å². The highest BCUT2D eigenvalue weighted by Gasteiger charge is 2.18. The molecule has 2 N–H and O–H groups in total. The van der Waals surface area contributed by atoms with E-state index in [1.165, 1.54) is 22.4 Å². The minimum Gasteiger partial charge on any atom is -0.325 e. The lowest BCUT2D eigenvalue weighted by Crippen LogP contribution is -2.03. The van der Waals surface area contributed by atoms with E-state index in [1.807, 2.05) is 18.2 Å². The number of hydrogen-bond donors (Lipinski definition) is 1. The number of thiazole rings is 1. The second kappa shape index (κ2) is 5.89. The van der Waals surface area contributed by atoms with Gasteiger partial charge in [-0.2, -0.15) is 0 Å². The first-order valence-electron chi connectivity index (χ1n) is 8.01. The average molecular weight is 333 g/mol. The quantitative estimate of drug-likeness (QED) is 0.585. The summed E-state index contributed by atoms with van der Waals surface area (Å²) < 4.78 is 2.21. The zero-order valence-corrected chi connectivity index (χ0v) is 14.6. The highest BCUT2D eigenvalue weighted by molar-refractivity contribution is 7.15. The van der Waals surface area contributed by atoms with E-state index < -0.39 is 0 Å². The molecular weight excluding hydrogens is 314 g/mol. The van der Waals surface area contributed by atoms with E-state index in [2.05, 4.69) is 54.0 Å². The Balaban J connectivity index is 1.97. The normalized spacial score (nSPS) is 11.3. The van der Waals surface area contributed by atoms with Gasteiger partial charge in [-0.05, 0) is 19.4 Å². The fraction of sp³-hybridized carbons (Fsp3) is 0.150. The molecule has 0 bridgehead atoms. The van der Waals surface area contributed by atoms with Crippen LogP contribution in [0.3, 0.4) is 0 Å². The molecule has 0 spiro atoms. The van der Waals surface area contributed by atoms with E-state index in [9.17, 15) is 0 Å². The van der Waals surface area contributed by atoms with Crippen LogP contribution >= 0.6 is 11.3 Å². The monoisotopic (exact) mass is 333 g/mol. The summed E-state index contributed by atoms with van der Waals surface area (Å²) in [6, 6.07) is 16.8. The molecule has 0 saturated carbocycles. The van der Waals surface area contributed by atoms with Gasteiger partial charge >= 0.3 is 0 Å². The minimum absolute atomic E-state index is 0.458. The van der Waals surface area contributed by atoms with E-state index in [0.29, 0.717) is 6.54 Å². The number of nitrogens with zero attached hydrogens (tertiary/aromatic N) is 2. The summed E-state index contributed by atoms with van der Waals surface area (Å²) in [5.74, 6) is 0. The predicted molar refractivity (Wildman–Crippen MR) is 101 cm³/mol. The summed E-state index contributed by atoms with van der Waals surface area (Å²) >= 11 is 1.66. The van der Waals surface area contributed by atoms with Gasteiger partial charge in [0, 0.05) is 23.1 Å². The van der Waals surface area contributed by atoms with E-state index in [4.69, 9.17) is 10.7 Å². The van der Waals surface area contributed by atoms with Crippen molar-refractivity contribution in [2.24, 2.45) is 5.73 Å². The van der Waals surface area contributed by atoms with Crippen molar-refractivity contribution in [3.8, 4) is 22.5 Å². The second-order valence-corrected chi connectivity index (χ2v) is 6.87. The van der Waals surface area contributed by atoms with Crippen LogP contribution in [0.5, 0.6) is 0 Å². The fourth-order valence-corrected chi connectivity index (χ4v) is 4.13. The smallest absolute Gasteiger partial charge is 0.195 e. The number of fused-ring (bicyclic) bond motifs is 1. The molecule has 0 radical (unpaired) electrons. The standard InChI is InChI=1S/C20H19N3S/c1-13-8-9-16(14(2)10-13)18-12-24-20-22-19(17(11-21)23(18)20)15-6-4-3-5-7-15/h3-10,12H,11,21H2,1-2H3. The largest absolute Gasteiger partial charge is 0.325 e. The number of aryl methyl sites for hydroxylation is 2. The van der Waals surface area contributed by atoms with Crippen molar-refractivity contribution in [1.82, 2.24) is 9.38 Å². The predicted octanol–water partition coefficient (Wildman–Crippen LogP) is 4.81. The van der Waals surface area contributed by atoms with Crippen molar-refractivity contribution in [3.63, 3.8) is 0 Å². The molecule has 4 heteroatoms. The van der Waals surface area contributed by atoms with E-state index in [0.717, 1.165) is 21.9 Å². The lowest BCUT2D eigenvalue weighted by molar-refractivity contribution is 0.973. The zero-order valence-electron chi connectivity index (χ0n) is 13.8. The van der Waals surface area contributed by atoms with Crippen LogP contribution in [0.15, 0.2) is 53.9 Å². The second-order valence-electron chi connectivity index (χ2n) is 6.03. The molecule has 2 aromatic carbocycles. The van der Waals surface area contributed by atoms with E-state index in [1.54, 1.807) is 11.3 Å². The topological polar surface area (TPSA) is 43.3 Å². The van der Waals surface area contributed by atoms with Crippen LogP contribution in [0.1, 0.15) is 16.8 Å². The third kappa shape index (κ3) is 2.35. The Morgan fingerprint density at radius 2 is 1.88 bits per heavy atom. The maximum atomic E-state index is 6.11. The van der Waals surface area contributed by atoms with Crippen LogP contribution in [0.2, 0.25) is 0 Å². The number of rotatable bonds is 3. The summed E-state index contributed by atoms with van der Waals surface area (Å²) in [5.41, 5.74) is 14.2. The maximum Gasteiger partial charge on any atom is 0.195 e. The van der Waals surface area contributed by atoms with E-state index in [-0.39, 0.29) is 0 Å². The number of nitrogens with two attached hydrogens (primary N) is 1. The van der Waals surface area contributed by atoms with Gasteiger partial charge in [-0.1, -0.05) is 54.1 Å². The molecule has 0 aliphatic rings. The van der Waals surface area contributed by atoms with Crippen LogP contribution in [-0.4, -0.2) is 9.38 Å². The first-order chi connectivity index (χ1) is 11.7. The molecule has 2 heterocycles. The van der Waals surface area contributed by atoms with Gasteiger partial charge in [-0.25, -0.2) is 4.98 Å².